The summed E-state index contributed by atoms with van der Waals surface area (Å²) in [6.07, 6.45) is 1.16. The molecule has 0 fully saturated rings. The van der Waals surface area contributed by atoms with Crippen molar-refractivity contribution in [2.75, 3.05) is 7.05 Å². The van der Waals surface area contributed by atoms with Crippen molar-refractivity contribution in [1.82, 2.24) is 10.6 Å². The molecule has 120 valence electrons. The Kier molecular flexibility index (Phi) is 6.35. The Balaban J connectivity index is 1.79. The van der Waals surface area contributed by atoms with Gasteiger partial charge in [-0.3, -0.25) is 9.59 Å². The molecule has 0 saturated heterocycles. The Morgan fingerprint density at radius 1 is 1.04 bits per heavy atom. The van der Waals surface area contributed by atoms with Gasteiger partial charge in [-0.05, 0) is 41.8 Å². The summed E-state index contributed by atoms with van der Waals surface area (Å²) in [7, 11) is 1.60. The maximum absolute atomic E-state index is 11.9. The lowest BCUT2D eigenvalue weighted by Crippen LogP contribution is -2.23. The van der Waals surface area contributed by atoms with Gasteiger partial charge in [0.05, 0.1) is 0 Å². The van der Waals surface area contributed by atoms with Crippen LogP contribution in [0.5, 0.6) is 0 Å². The van der Waals surface area contributed by atoms with Crippen LogP contribution in [0.2, 0.25) is 0 Å². The molecule has 0 aliphatic carbocycles. The van der Waals surface area contributed by atoms with E-state index in [1.807, 2.05) is 36.4 Å². The number of amides is 2. The van der Waals surface area contributed by atoms with Crippen LogP contribution in [0.1, 0.15) is 27.9 Å². The summed E-state index contributed by atoms with van der Waals surface area (Å²) in [6, 6.07) is 15.2. The average molecular weight is 375 g/mol. The molecule has 0 aliphatic heterocycles. The number of carbonyl (C=O) groups is 2. The maximum atomic E-state index is 11.9. The number of hydrogen-bond acceptors (Lipinski definition) is 2. The summed E-state index contributed by atoms with van der Waals surface area (Å²) in [5.74, 6) is -0.102. The molecule has 2 amide bonds. The number of nitrogens with one attached hydrogen (secondary N) is 2. The van der Waals surface area contributed by atoms with Crippen LogP contribution in [-0.2, 0) is 17.8 Å². The minimum Gasteiger partial charge on any atom is -0.355 e. The summed E-state index contributed by atoms with van der Waals surface area (Å²) < 4.78 is 1.02. The zero-order valence-electron chi connectivity index (χ0n) is 12.9. The zero-order chi connectivity index (χ0) is 16.7. The highest BCUT2D eigenvalue weighted by Crippen LogP contribution is 2.13. The van der Waals surface area contributed by atoms with Crippen LogP contribution in [0.4, 0.5) is 0 Å². The minimum absolute atomic E-state index is 0.0142. The van der Waals surface area contributed by atoms with Gasteiger partial charge in [-0.15, -0.1) is 0 Å². The third-order valence-electron chi connectivity index (χ3n) is 3.46. The predicted molar refractivity (Wildman–Crippen MR) is 94.1 cm³/mol. The molecule has 4 nitrogen and oxygen atoms in total. The van der Waals surface area contributed by atoms with Crippen molar-refractivity contribution in [3.05, 3.63) is 69.7 Å². The second-order valence-electron chi connectivity index (χ2n) is 5.18. The lowest BCUT2D eigenvalue weighted by Gasteiger charge is -2.07. The first-order chi connectivity index (χ1) is 11.1. The third-order valence-corrected chi connectivity index (χ3v) is 3.96. The van der Waals surface area contributed by atoms with Gasteiger partial charge >= 0.3 is 0 Å². The summed E-state index contributed by atoms with van der Waals surface area (Å²) in [4.78, 5) is 23.4. The zero-order valence-corrected chi connectivity index (χ0v) is 14.5. The fourth-order valence-electron chi connectivity index (χ4n) is 2.16. The summed E-state index contributed by atoms with van der Waals surface area (Å²) in [5, 5.41) is 5.47. The van der Waals surface area contributed by atoms with E-state index in [0.717, 1.165) is 15.6 Å². The van der Waals surface area contributed by atoms with Crippen LogP contribution in [0.25, 0.3) is 0 Å². The SMILES string of the molecule is CNC(=O)c1ccc(CNC(=O)CCc2cccc(Br)c2)cc1. The average Bonchev–Trinajstić information content (AvgIpc) is 2.58. The second kappa shape index (κ2) is 8.48. The van der Waals surface area contributed by atoms with E-state index in [4.69, 9.17) is 0 Å². The van der Waals surface area contributed by atoms with Crippen LogP contribution >= 0.6 is 15.9 Å². The molecule has 0 spiro atoms. The summed E-state index contributed by atoms with van der Waals surface area (Å²) in [6.45, 7) is 0.464. The fourth-order valence-corrected chi connectivity index (χ4v) is 2.60. The molecule has 0 atom stereocenters. The van der Waals surface area contributed by atoms with E-state index in [2.05, 4.69) is 26.6 Å². The fraction of sp³-hybridized carbons (Fsp3) is 0.222. The van der Waals surface area contributed by atoms with Crippen molar-refractivity contribution in [2.24, 2.45) is 0 Å². The lowest BCUT2D eigenvalue weighted by molar-refractivity contribution is -0.121. The molecule has 5 heteroatoms. The molecule has 2 aromatic rings. The van der Waals surface area contributed by atoms with Crippen molar-refractivity contribution < 1.29 is 9.59 Å². The smallest absolute Gasteiger partial charge is 0.251 e. The number of rotatable bonds is 6. The molecule has 2 aromatic carbocycles. The molecule has 0 bridgehead atoms. The Bertz CT molecular complexity index is 684. The van der Waals surface area contributed by atoms with Crippen molar-refractivity contribution in [3.63, 3.8) is 0 Å². The van der Waals surface area contributed by atoms with E-state index in [0.29, 0.717) is 24.9 Å². The first kappa shape index (κ1) is 17.2. The highest BCUT2D eigenvalue weighted by atomic mass is 79.9. The van der Waals surface area contributed by atoms with Crippen molar-refractivity contribution in [2.45, 2.75) is 19.4 Å². The van der Waals surface area contributed by atoms with Gasteiger partial charge in [-0.1, -0.05) is 40.2 Å². The number of aryl methyl sites for hydroxylation is 1. The van der Waals surface area contributed by atoms with E-state index >= 15 is 0 Å². The van der Waals surface area contributed by atoms with Gasteiger partial charge in [0.15, 0.2) is 0 Å². The van der Waals surface area contributed by atoms with E-state index in [1.165, 1.54) is 0 Å². The van der Waals surface area contributed by atoms with Gasteiger partial charge < -0.3 is 10.6 Å². The maximum Gasteiger partial charge on any atom is 0.251 e. The highest BCUT2D eigenvalue weighted by molar-refractivity contribution is 9.10. The van der Waals surface area contributed by atoms with Crippen LogP contribution in [0, 0.1) is 0 Å². The first-order valence-electron chi connectivity index (χ1n) is 7.40. The number of hydrogen-bond donors (Lipinski definition) is 2. The predicted octanol–water partition coefficient (Wildman–Crippen LogP) is 3.06. The monoisotopic (exact) mass is 374 g/mol. The topological polar surface area (TPSA) is 58.2 Å². The molecular formula is C18H19BrN2O2. The van der Waals surface area contributed by atoms with Gasteiger partial charge in [-0.2, -0.15) is 0 Å². The largest absolute Gasteiger partial charge is 0.355 e. The number of carbonyl (C=O) groups excluding carboxylic acids is 2. The van der Waals surface area contributed by atoms with Gasteiger partial charge in [0.25, 0.3) is 5.91 Å². The van der Waals surface area contributed by atoms with Crippen LogP contribution in [0.15, 0.2) is 53.0 Å². The van der Waals surface area contributed by atoms with Gasteiger partial charge in [0.1, 0.15) is 0 Å². The number of halogens is 1. The van der Waals surface area contributed by atoms with Crippen LogP contribution in [-0.4, -0.2) is 18.9 Å². The summed E-state index contributed by atoms with van der Waals surface area (Å²) >= 11 is 3.42. The molecule has 0 radical (unpaired) electrons. The normalized spacial score (nSPS) is 10.2. The van der Waals surface area contributed by atoms with E-state index < -0.39 is 0 Å². The molecule has 0 unspecified atom stereocenters. The standard InChI is InChI=1S/C18H19BrN2O2/c1-20-18(23)15-8-5-14(6-9-15)12-21-17(22)10-7-13-3-2-4-16(19)11-13/h2-6,8-9,11H,7,10,12H2,1H3,(H,20,23)(H,21,22). The van der Waals surface area contributed by atoms with Crippen molar-refractivity contribution in [3.8, 4) is 0 Å². The summed E-state index contributed by atoms with van der Waals surface area (Å²) in [5.41, 5.74) is 2.70. The quantitative estimate of drug-likeness (QED) is 0.816. The molecule has 0 heterocycles. The molecular weight excluding hydrogens is 356 g/mol. The van der Waals surface area contributed by atoms with E-state index in [-0.39, 0.29) is 11.8 Å². The molecule has 2 rings (SSSR count). The minimum atomic E-state index is -0.116. The molecule has 23 heavy (non-hydrogen) atoms. The highest BCUT2D eigenvalue weighted by Gasteiger charge is 2.05. The Morgan fingerprint density at radius 3 is 2.43 bits per heavy atom. The van der Waals surface area contributed by atoms with E-state index in [9.17, 15) is 9.59 Å². The Labute approximate surface area is 144 Å². The van der Waals surface area contributed by atoms with Gasteiger partial charge in [0, 0.05) is 30.0 Å². The molecule has 0 aromatic heterocycles. The van der Waals surface area contributed by atoms with Gasteiger partial charge in [0.2, 0.25) is 5.91 Å². The Hall–Kier alpha value is -2.14. The third kappa shape index (κ3) is 5.53. The number of benzene rings is 2. The van der Waals surface area contributed by atoms with Crippen LogP contribution < -0.4 is 10.6 Å². The van der Waals surface area contributed by atoms with Crippen molar-refractivity contribution >= 4 is 27.7 Å². The molecule has 2 N–H and O–H groups in total. The second-order valence-corrected chi connectivity index (χ2v) is 6.10. The first-order valence-corrected chi connectivity index (χ1v) is 8.20. The molecule has 0 saturated carbocycles. The van der Waals surface area contributed by atoms with Crippen LogP contribution in [0.3, 0.4) is 0 Å². The Morgan fingerprint density at radius 2 is 1.78 bits per heavy atom. The lowest BCUT2D eigenvalue weighted by atomic mass is 10.1. The van der Waals surface area contributed by atoms with Gasteiger partial charge in [-0.25, -0.2) is 0 Å². The van der Waals surface area contributed by atoms with Crippen molar-refractivity contribution in [1.29, 1.82) is 0 Å². The molecule has 0 aliphatic rings. The van der Waals surface area contributed by atoms with E-state index in [1.54, 1.807) is 19.2 Å².